The highest BCUT2D eigenvalue weighted by Crippen LogP contribution is 2.42. The van der Waals surface area contributed by atoms with Crippen molar-refractivity contribution < 1.29 is 8.78 Å². The van der Waals surface area contributed by atoms with Crippen LogP contribution in [0.1, 0.15) is 17.2 Å². The molecule has 19 heavy (non-hydrogen) atoms. The number of fused-ring (bicyclic) bond motifs is 1. The van der Waals surface area contributed by atoms with Gasteiger partial charge in [-0.15, -0.1) is 11.8 Å². The van der Waals surface area contributed by atoms with Crippen molar-refractivity contribution in [2.24, 2.45) is 5.73 Å². The molecular weight excluding hydrogens is 264 g/mol. The number of halogens is 2. The fourth-order valence-electron chi connectivity index (χ4n) is 2.38. The van der Waals surface area contributed by atoms with Crippen LogP contribution < -0.4 is 5.73 Å². The van der Waals surface area contributed by atoms with E-state index >= 15 is 0 Å². The topological polar surface area (TPSA) is 26.0 Å². The Morgan fingerprint density at radius 3 is 2.68 bits per heavy atom. The minimum absolute atomic E-state index is 0.0948. The molecule has 2 atom stereocenters. The lowest BCUT2D eigenvalue weighted by molar-refractivity contribution is 0.549. The smallest absolute Gasteiger partial charge is 0.130 e. The summed E-state index contributed by atoms with van der Waals surface area (Å²) in [5.74, 6) is -1.14. The van der Waals surface area contributed by atoms with Gasteiger partial charge in [0, 0.05) is 27.8 Å². The van der Waals surface area contributed by atoms with Crippen molar-refractivity contribution in [1.82, 2.24) is 0 Å². The van der Waals surface area contributed by atoms with Crippen molar-refractivity contribution in [3.05, 3.63) is 65.2 Å². The molecule has 4 heteroatoms. The Labute approximate surface area is 114 Å². The van der Waals surface area contributed by atoms with Gasteiger partial charge in [-0.1, -0.05) is 24.3 Å². The lowest BCUT2D eigenvalue weighted by atomic mass is 9.99. The molecule has 1 heterocycles. The molecule has 1 aliphatic rings. The maximum absolute atomic E-state index is 13.8. The van der Waals surface area contributed by atoms with E-state index in [0.29, 0.717) is 5.56 Å². The van der Waals surface area contributed by atoms with E-state index in [2.05, 4.69) is 6.07 Å². The quantitative estimate of drug-likeness (QED) is 0.906. The number of hydrogen-bond donors (Lipinski definition) is 1. The summed E-state index contributed by atoms with van der Waals surface area (Å²) < 4.78 is 26.7. The highest BCUT2D eigenvalue weighted by molar-refractivity contribution is 8.00. The van der Waals surface area contributed by atoms with Gasteiger partial charge in [0.1, 0.15) is 11.6 Å². The molecule has 3 rings (SSSR count). The van der Waals surface area contributed by atoms with Gasteiger partial charge in [0.25, 0.3) is 0 Å². The molecule has 98 valence electrons. The maximum atomic E-state index is 13.8. The van der Waals surface area contributed by atoms with E-state index in [4.69, 9.17) is 5.73 Å². The van der Waals surface area contributed by atoms with Crippen LogP contribution in [-0.2, 0) is 6.42 Å². The molecule has 0 radical (unpaired) electrons. The van der Waals surface area contributed by atoms with Crippen LogP contribution in [0.5, 0.6) is 0 Å². The third kappa shape index (κ3) is 2.38. The second kappa shape index (κ2) is 4.94. The summed E-state index contributed by atoms with van der Waals surface area (Å²) in [6, 6.07) is 11.2. The molecule has 1 nitrogen and oxygen atoms in total. The molecule has 1 aliphatic heterocycles. The molecule has 0 amide bonds. The molecule has 0 saturated heterocycles. The molecule has 0 saturated carbocycles. The Bertz CT molecular complexity index is 590. The first kappa shape index (κ1) is 12.6. The van der Waals surface area contributed by atoms with E-state index in [-0.39, 0.29) is 5.25 Å². The first-order valence-corrected chi connectivity index (χ1v) is 6.98. The maximum Gasteiger partial charge on any atom is 0.130 e. The third-order valence-electron chi connectivity index (χ3n) is 3.39. The summed E-state index contributed by atoms with van der Waals surface area (Å²) in [6.45, 7) is 0. The molecular formula is C15H13F2NS. The van der Waals surface area contributed by atoms with Gasteiger partial charge in [0.15, 0.2) is 0 Å². The lowest BCUT2D eigenvalue weighted by Crippen LogP contribution is -2.24. The van der Waals surface area contributed by atoms with Crippen molar-refractivity contribution in [3.63, 3.8) is 0 Å². The molecule has 2 aromatic rings. The largest absolute Gasteiger partial charge is 0.323 e. The Hall–Kier alpha value is -1.39. The molecule has 0 bridgehead atoms. The van der Waals surface area contributed by atoms with Gasteiger partial charge in [-0.2, -0.15) is 0 Å². The van der Waals surface area contributed by atoms with Gasteiger partial charge in [0.2, 0.25) is 0 Å². The highest BCUT2D eigenvalue weighted by Gasteiger charge is 2.29. The molecule has 2 aromatic carbocycles. The first-order chi connectivity index (χ1) is 9.15. The standard InChI is InChI=1S/C15H13F2NS/c16-10-5-6-11(12(17)8-10)15(18)14-7-9-3-1-2-4-13(9)19-14/h1-6,8,14-15H,7,18H2. The van der Waals surface area contributed by atoms with Crippen LogP contribution in [-0.4, -0.2) is 5.25 Å². The molecule has 0 aromatic heterocycles. The predicted molar refractivity (Wildman–Crippen MR) is 73.1 cm³/mol. The van der Waals surface area contributed by atoms with E-state index in [1.165, 1.54) is 22.6 Å². The van der Waals surface area contributed by atoms with Crippen LogP contribution in [0.15, 0.2) is 47.4 Å². The Morgan fingerprint density at radius 1 is 1.16 bits per heavy atom. The first-order valence-electron chi connectivity index (χ1n) is 6.10. The summed E-state index contributed by atoms with van der Waals surface area (Å²) in [5, 5.41) is 0.0948. The fraction of sp³-hybridized carbons (Fsp3) is 0.200. The zero-order valence-corrected chi connectivity index (χ0v) is 11.0. The van der Waals surface area contributed by atoms with Crippen molar-refractivity contribution >= 4 is 11.8 Å². The van der Waals surface area contributed by atoms with Crippen LogP contribution in [0, 0.1) is 11.6 Å². The normalized spacial score (nSPS) is 19.2. The lowest BCUT2D eigenvalue weighted by Gasteiger charge is -2.19. The van der Waals surface area contributed by atoms with E-state index < -0.39 is 17.7 Å². The summed E-state index contributed by atoms with van der Waals surface area (Å²) in [6.07, 6.45) is 0.818. The van der Waals surface area contributed by atoms with E-state index in [9.17, 15) is 8.78 Å². The fourth-order valence-corrected chi connectivity index (χ4v) is 3.72. The zero-order valence-electron chi connectivity index (χ0n) is 10.1. The summed E-state index contributed by atoms with van der Waals surface area (Å²) in [7, 11) is 0. The molecule has 0 fully saturated rings. The van der Waals surface area contributed by atoms with E-state index in [1.807, 2.05) is 18.2 Å². The van der Waals surface area contributed by atoms with Crippen LogP contribution in [0.4, 0.5) is 8.78 Å². The average molecular weight is 277 g/mol. The van der Waals surface area contributed by atoms with Gasteiger partial charge >= 0.3 is 0 Å². The van der Waals surface area contributed by atoms with Crippen molar-refractivity contribution in [2.75, 3.05) is 0 Å². The number of rotatable bonds is 2. The van der Waals surface area contributed by atoms with Gasteiger partial charge in [-0.3, -0.25) is 0 Å². The Kier molecular flexibility index (Phi) is 3.29. The average Bonchev–Trinajstić information content (AvgIpc) is 2.81. The zero-order chi connectivity index (χ0) is 13.4. The summed E-state index contributed by atoms with van der Waals surface area (Å²) >= 11 is 1.67. The highest BCUT2D eigenvalue weighted by atomic mass is 32.2. The third-order valence-corrected chi connectivity index (χ3v) is 4.81. The second-order valence-corrected chi connectivity index (χ2v) is 5.94. The SMILES string of the molecule is NC(c1ccc(F)cc1F)C1Cc2ccccc2S1. The minimum Gasteiger partial charge on any atom is -0.323 e. The second-order valence-electron chi connectivity index (χ2n) is 4.66. The van der Waals surface area contributed by atoms with Gasteiger partial charge in [-0.25, -0.2) is 8.78 Å². The monoisotopic (exact) mass is 277 g/mol. The Morgan fingerprint density at radius 2 is 1.95 bits per heavy atom. The van der Waals surface area contributed by atoms with Crippen LogP contribution in [0.3, 0.4) is 0 Å². The van der Waals surface area contributed by atoms with Crippen molar-refractivity contribution in [3.8, 4) is 0 Å². The molecule has 2 unspecified atom stereocenters. The summed E-state index contributed by atoms with van der Waals surface area (Å²) in [4.78, 5) is 1.20. The summed E-state index contributed by atoms with van der Waals surface area (Å²) in [5.41, 5.74) is 7.77. The van der Waals surface area contributed by atoms with Crippen molar-refractivity contribution in [1.29, 1.82) is 0 Å². The van der Waals surface area contributed by atoms with E-state index in [1.54, 1.807) is 11.8 Å². The number of hydrogen-bond acceptors (Lipinski definition) is 2. The number of nitrogens with two attached hydrogens (primary N) is 1. The Balaban J connectivity index is 1.85. The van der Waals surface area contributed by atoms with Crippen LogP contribution in [0.2, 0.25) is 0 Å². The van der Waals surface area contributed by atoms with Gasteiger partial charge in [0.05, 0.1) is 0 Å². The van der Waals surface area contributed by atoms with Crippen molar-refractivity contribution in [2.45, 2.75) is 22.6 Å². The van der Waals surface area contributed by atoms with Gasteiger partial charge < -0.3 is 5.73 Å². The molecule has 0 spiro atoms. The van der Waals surface area contributed by atoms with Crippen LogP contribution >= 0.6 is 11.8 Å². The predicted octanol–water partition coefficient (Wildman–Crippen LogP) is 3.68. The minimum atomic E-state index is -0.573. The van der Waals surface area contributed by atoms with E-state index in [0.717, 1.165) is 12.5 Å². The van der Waals surface area contributed by atoms with Gasteiger partial charge in [-0.05, 0) is 24.1 Å². The molecule has 2 N–H and O–H groups in total. The number of benzene rings is 2. The van der Waals surface area contributed by atoms with Crippen LogP contribution in [0.25, 0.3) is 0 Å². The number of thioether (sulfide) groups is 1. The molecule has 0 aliphatic carbocycles.